The molecule has 32 heavy (non-hydrogen) atoms. The zero-order valence-corrected chi connectivity index (χ0v) is 17.9. The second-order valence-corrected chi connectivity index (χ2v) is 8.05. The van der Waals surface area contributed by atoms with E-state index in [1.54, 1.807) is 0 Å². The molecule has 164 valence electrons. The largest absolute Gasteiger partial charge is 0.482 e. The number of benzene rings is 3. The molecule has 1 unspecified atom stereocenters. The van der Waals surface area contributed by atoms with Crippen LogP contribution in [0.2, 0.25) is 0 Å². The number of ether oxygens (including phenoxy) is 1. The first-order valence-electron chi connectivity index (χ1n) is 10.9. The second kappa shape index (κ2) is 10.6. The third kappa shape index (κ3) is 5.76. The van der Waals surface area contributed by atoms with Gasteiger partial charge in [-0.05, 0) is 66.0 Å². The quantitative estimate of drug-likeness (QED) is 0.363. The Balaban J connectivity index is 1.34. The van der Waals surface area contributed by atoms with Gasteiger partial charge < -0.3 is 14.7 Å². The summed E-state index contributed by atoms with van der Waals surface area (Å²) in [6, 6.07) is 26.1. The minimum Gasteiger partial charge on any atom is -0.482 e. The van der Waals surface area contributed by atoms with Crippen molar-refractivity contribution in [3.63, 3.8) is 0 Å². The van der Waals surface area contributed by atoms with Gasteiger partial charge in [0.25, 0.3) is 0 Å². The van der Waals surface area contributed by atoms with E-state index in [2.05, 4.69) is 29.4 Å². The highest BCUT2D eigenvalue weighted by Gasteiger charge is 2.19. The van der Waals surface area contributed by atoms with Crippen LogP contribution < -0.4 is 4.74 Å². The van der Waals surface area contributed by atoms with E-state index in [4.69, 9.17) is 14.7 Å². The Morgan fingerprint density at radius 1 is 1.00 bits per heavy atom. The maximum absolute atomic E-state index is 10.7. The Bertz CT molecular complexity index is 1010. The molecule has 0 aromatic heterocycles. The number of carbonyl (C=O) groups is 1. The molecule has 1 N–H and O–H groups in total. The summed E-state index contributed by atoms with van der Waals surface area (Å²) in [5.41, 5.74) is 4.68. The van der Waals surface area contributed by atoms with Gasteiger partial charge in [0.05, 0.1) is 0 Å². The molecule has 0 heterocycles. The van der Waals surface area contributed by atoms with Crippen LogP contribution in [0.1, 0.15) is 41.2 Å². The van der Waals surface area contributed by atoms with Crippen molar-refractivity contribution in [2.24, 2.45) is 11.1 Å². The van der Waals surface area contributed by atoms with E-state index in [1.165, 1.54) is 11.1 Å². The summed E-state index contributed by atoms with van der Waals surface area (Å²) >= 11 is 0. The Morgan fingerprint density at radius 2 is 1.69 bits per heavy atom. The van der Waals surface area contributed by atoms with Crippen LogP contribution in [0.3, 0.4) is 0 Å². The minimum atomic E-state index is -0.967. The maximum Gasteiger partial charge on any atom is 0.341 e. The number of aryl methyl sites for hydroxylation is 1. The smallest absolute Gasteiger partial charge is 0.341 e. The zero-order valence-electron chi connectivity index (χ0n) is 17.9. The number of oxime groups is 1. The first-order chi connectivity index (χ1) is 15.7. The van der Waals surface area contributed by atoms with Gasteiger partial charge in [0.15, 0.2) is 12.7 Å². The highest BCUT2D eigenvalue weighted by Crippen LogP contribution is 2.30. The molecule has 0 aliphatic heterocycles. The molecule has 1 atom stereocenters. The summed E-state index contributed by atoms with van der Waals surface area (Å²) in [4.78, 5) is 16.6. The van der Waals surface area contributed by atoms with E-state index >= 15 is 0 Å². The van der Waals surface area contributed by atoms with Crippen LogP contribution in [0, 0.1) is 5.92 Å². The van der Waals surface area contributed by atoms with Gasteiger partial charge in [-0.15, -0.1) is 0 Å². The number of hydrogen-bond acceptors (Lipinski definition) is 4. The van der Waals surface area contributed by atoms with Gasteiger partial charge in [-0.25, -0.2) is 4.79 Å². The molecule has 0 bridgehead atoms. The minimum absolute atomic E-state index is 0.232. The van der Waals surface area contributed by atoms with Gasteiger partial charge in [-0.3, -0.25) is 0 Å². The van der Waals surface area contributed by atoms with Crippen LogP contribution in [-0.2, 0) is 22.5 Å². The van der Waals surface area contributed by atoms with Crippen LogP contribution in [0.5, 0.6) is 5.75 Å². The van der Waals surface area contributed by atoms with Crippen LogP contribution in [0.25, 0.3) is 0 Å². The molecule has 3 aromatic rings. The fourth-order valence-electron chi connectivity index (χ4n) is 4.11. The lowest BCUT2D eigenvalue weighted by Gasteiger charge is -2.24. The second-order valence-electron chi connectivity index (χ2n) is 8.05. The molecule has 0 spiro atoms. The number of rotatable bonds is 9. The molecule has 5 nitrogen and oxygen atoms in total. The molecular formula is C27H27NO4. The van der Waals surface area contributed by atoms with Crippen molar-refractivity contribution in [2.75, 3.05) is 6.61 Å². The summed E-state index contributed by atoms with van der Waals surface area (Å²) in [6.07, 6.45) is 5.50. The molecule has 0 saturated carbocycles. The molecule has 3 aromatic carbocycles. The van der Waals surface area contributed by atoms with E-state index in [0.717, 1.165) is 36.8 Å². The number of aliphatic carboxylic acids is 1. The number of fused-ring (bicyclic) bond motifs is 1. The summed E-state index contributed by atoms with van der Waals surface area (Å²) in [5, 5.41) is 13.1. The average Bonchev–Trinajstić information content (AvgIpc) is 2.83. The van der Waals surface area contributed by atoms with E-state index in [1.807, 2.05) is 60.8 Å². The molecule has 5 heteroatoms. The van der Waals surface area contributed by atoms with Gasteiger partial charge in [0.2, 0.25) is 0 Å². The molecule has 0 fully saturated rings. The normalized spacial score (nSPS) is 15.5. The summed E-state index contributed by atoms with van der Waals surface area (Å²) < 4.78 is 5.30. The predicted molar refractivity (Wildman–Crippen MR) is 124 cm³/mol. The van der Waals surface area contributed by atoms with Crippen molar-refractivity contribution in [3.05, 3.63) is 101 Å². The first kappa shape index (κ1) is 21.6. The van der Waals surface area contributed by atoms with E-state index in [0.29, 0.717) is 11.7 Å². The van der Waals surface area contributed by atoms with Crippen molar-refractivity contribution in [1.29, 1.82) is 0 Å². The Kier molecular flexibility index (Phi) is 7.18. The van der Waals surface area contributed by atoms with Gasteiger partial charge in [0, 0.05) is 6.21 Å². The summed E-state index contributed by atoms with van der Waals surface area (Å²) in [7, 11) is 0. The van der Waals surface area contributed by atoms with Gasteiger partial charge in [-0.1, -0.05) is 71.9 Å². The maximum atomic E-state index is 10.7. The van der Waals surface area contributed by atoms with Crippen molar-refractivity contribution >= 4 is 12.2 Å². The lowest BCUT2D eigenvalue weighted by Crippen LogP contribution is -2.15. The van der Waals surface area contributed by atoms with Crippen LogP contribution in [0.15, 0.2) is 84.0 Å². The molecule has 0 radical (unpaired) electrons. The first-order valence-corrected chi connectivity index (χ1v) is 10.9. The number of carboxylic acids is 1. The SMILES string of the molecule is O=C(O)COc1ccc2c(c1)CCC(C/C=N\OC(c1ccccc1)c1ccccc1)C2. The van der Waals surface area contributed by atoms with Crippen molar-refractivity contribution < 1.29 is 19.5 Å². The number of hydrogen-bond donors (Lipinski definition) is 1. The summed E-state index contributed by atoms with van der Waals surface area (Å²) in [5.74, 6) is 0.158. The van der Waals surface area contributed by atoms with Crippen molar-refractivity contribution in [3.8, 4) is 5.75 Å². The van der Waals surface area contributed by atoms with Gasteiger partial charge >= 0.3 is 5.97 Å². The zero-order chi connectivity index (χ0) is 22.2. The van der Waals surface area contributed by atoms with E-state index in [9.17, 15) is 4.79 Å². The summed E-state index contributed by atoms with van der Waals surface area (Å²) in [6.45, 7) is -0.315. The highest BCUT2D eigenvalue weighted by molar-refractivity contribution is 5.68. The van der Waals surface area contributed by atoms with E-state index in [-0.39, 0.29) is 12.7 Å². The van der Waals surface area contributed by atoms with Crippen LogP contribution >= 0.6 is 0 Å². The average molecular weight is 430 g/mol. The third-order valence-corrected chi connectivity index (χ3v) is 5.75. The fraction of sp³-hybridized carbons (Fsp3) is 0.259. The Morgan fingerprint density at radius 3 is 2.34 bits per heavy atom. The standard InChI is InChI=1S/C27H27NO4/c29-26(30)19-31-25-14-13-23-17-20(11-12-24(23)18-25)15-16-28-32-27(21-7-3-1-4-8-21)22-9-5-2-6-10-22/h1-10,13-14,16,18,20,27H,11-12,15,17,19H2,(H,29,30)/b28-16-. The van der Waals surface area contributed by atoms with Crippen molar-refractivity contribution in [1.82, 2.24) is 0 Å². The van der Waals surface area contributed by atoms with Gasteiger partial charge in [-0.2, -0.15) is 0 Å². The molecule has 0 amide bonds. The van der Waals surface area contributed by atoms with Crippen molar-refractivity contribution in [2.45, 2.75) is 31.8 Å². The lowest BCUT2D eigenvalue weighted by molar-refractivity contribution is -0.139. The Hall–Kier alpha value is -3.60. The lowest BCUT2D eigenvalue weighted by atomic mass is 9.82. The molecule has 1 aliphatic rings. The Labute approximate surface area is 188 Å². The number of carboxylic acid groups (broad SMARTS) is 1. The predicted octanol–water partition coefficient (Wildman–Crippen LogP) is 5.44. The monoisotopic (exact) mass is 429 g/mol. The molecular weight excluding hydrogens is 402 g/mol. The number of nitrogens with zero attached hydrogens (tertiary/aromatic N) is 1. The topological polar surface area (TPSA) is 68.1 Å². The third-order valence-electron chi connectivity index (χ3n) is 5.75. The molecule has 4 rings (SSSR count). The highest BCUT2D eigenvalue weighted by atomic mass is 16.6. The van der Waals surface area contributed by atoms with E-state index < -0.39 is 5.97 Å². The molecule has 0 saturated heterocycles. The fourth-order valence-corrected chi connectivity index (χ4v) is 4.11. The van der Waals surface area contributed by atoms with Gasteiger partial charge in [0.1, 0.15) is 5.75 Å². The molecule has 1 aliphatic carbocycles. The van der Waals surface area contributed by atoms with Crippen LogP contribution in [-0.4, -0.2) is 23.9 Å². The van der Waals surface area contributed by atoms with Crippen LogP contribution in [0.4, 0.5) is 0 Å².